The van der Waals surface area contributed by atoms with Gasteiger partial charge in [0.15, 0.2) is 0 Å². The van der Waals surface area contributed by atoms with Crippen LogP contribution in [0.5, 0.6) is 0 Å². The molecule has 0 unspecified atom stereocenters. The number of nitrogens with zero attached hydrogens (tertiary/aromatic N) is 2. The Morgan fingerprint density at radius 1 is 0.972 bits per heavy atom. The third-order valence-corrected chi connectivity index (χ3v) is 8.51. The van der Waals surface area contributed by atoms with Gasteiger partial charge in [-0.05, 0) is 54.5 Å². The monoisotopic (exact) mass is 516 g/mol. The van der Waals surface area contributed by atoms with E-state index in [0.717, 1.165) is 49.3 Å². The molecule has 0 radical (unpaired) electrons. The zero-order valence-electron chi connectivity index (χ0n) is 20.8. The number of hydrogen-bond acceptors (Lipinski definition) is 5. The Kier molecular flexibility index (Phi) is 8.68. The van der Waals surface area contributed by atoms with E-state index in [1.165, 1.54) is 12.1 Å². The van der Waals surface area contributed by atoms with Crippen molar-refractivity contribution in [3.05, 3.63) is 42.5 Å². The van der Waals surface area contributed by atoms with Gasteiger partial charge in [0, 0.05) is 25.7 Å². The molecule has 2 fully saturated rings. The zero-order valence-corrected chi connectivity index (χ0v) is 21.6. The number of carbonyl (C=O) groups excluding carboxylic acids is 2. The summed E-state index contributed by atoms with van der Waals surface area (Å²) in [5, 5.41) is 6.03. The lowest BCUT2D eigenvalue weighted by molar-refractivity contribution is 0.0976. The minimum absolute atomic E-state index is 0.0360. The van der Waals surface area contributed by atoms with E-state index in [4.69, 9.17) is 4.74 Å². The predicted octanol–water partition coefficient (Wildman–Crippen LogP) is 4.25. The second-order valence-corrected chi connectivity index (χ2v) is 11.4. The average molecular weight is 517 g/mol. The van der Waals surface area contributed by atoms with Crippen LogP contribution in [0, 0.1) is 5.92 Å². The minimum Gasteiger partial charge on any atom is -0.453 e. The highest BCUT2D eigenvalue weighted by Crippen LogP contribution is 2.22. The Morgan fingerprint density at radius 2 is 1.64 bits per heavy atom. The van der Waals surface area contributed by atoms with Gasteiger partial charge in [-0.3, -0.25) is 0 Å². The van der Waals surface area contributed by atoms with E-state index in [1.54, 1.807) is 23.1 Å². The molecule has 36 heavy (non-hydrogen) atoms. The van der Waals surface area contributed by atoms with Crippen LogP contribution in [0.25, 0.3) is 10.8 Å². The van der Waals surface area contributed by atoms with E-state index >= 15 is 0 Å². The summed E-state index contributed by atoms with van der Waals surface area (Å²) in [6, 6.07) is 12.1. The van der Waals surface area contributed by atoms with E-state index in [1.807, 2.05) is 24.3 Å². The molecule has 196 valence electrons. The Balaban J connectivity index is 1.50. The average Bonchev–Trinajstić information content (AvgIpc) is 3.16. The molecule has 9 nitrogen and oxygen atoms in total. The number of likely N-dealkylation sites (tertiary alicyclic amines) is 1. The number of nitrogens with one attached hydrogen (secondary N) is 2. The van der Waals surface area contributed by atoms with Crippen LogP contribution in [0.2, 0.25) is 0 Å². The predicted molar refractivity (Wildman–Crippen MR) is 138 cm³/mol. The number of rotatable bonds is 6. The molecule has 2 aliphatic rings. The Hall–Kier alpha value is -2.85. The fraction of sp³-hybridized carbons (Fsp3) is 0.538. The van der Waals surface area contributed by atoms with Gasteiger partial charge >= 0.3 is 12.1 Å². The quantitative estimate of drug-likeness (QED) is 0.441. The molecule has 0 spiro atoms. The van der Waals surface area contributed by atoms with Gasteiger partial charge < -0.3 is 15.0 Å². The topological polar surface area (TPSA) is 108 Å². The molecule has 2 N–H and O–H groups in total. The van der Waals surface area contributed by atoms with Crippen molar-refractivity contribution >= 4 is 32.9 Å². The molecule has 4 rings (SSSR count). The number of ether oxygens (including phenoxy) is 1. The first kappa shape index (κ1) is 26.2. The molecule has 0 aromatic heterocycles. The van der Waals surface area contributed by atoms with E-state index in [-0.39, 0.29) is 29.5 Å². The molecule has 1 saturated carbocycles. The molecule has 2 aromatic carbocycles. The van der Waals surface area contributed by atoms with Crippen molar-refractivity contribution in [1.29, 1.82) is 0 Å². The van der Waals surface area contributed by atoms with Crippen molar-refractivity contribution in [2.75, 3.05) is 26.7 Å². The highest BCUT2D eigenvalue weighted by molar-refractivity contribution is 7.89. The Morgan fingerprint density at radius 3 is 2.31 bits per heavy atom. The largest absolute Gasteiger partial charge is 0.453 e. The van der Waals surface area contributed by atoms with Crippen LogP contribution in [0.4, 0.5) is 9.59 Å². The van der Waals surface area contributed by atoms with Gasteiger partial charge in [0.05, 0.1) is 12.0 Å². The summed E-state index contributed by atoms with van der Waals surface area (Å²) in [6.45, 7) is 1.24. The molecule has 0 atom stereocenters. The summed E-state index contributed by atoms with van der Waals surface area (Å²) in [4.78, 5) is 29.5. The fourth-order valence-corrected chi connectivity index (χ4v) is 6.14. The third-order valence-electron chi connectivity index (χ3n) is 7.18. The molecule has 0 bridgehead atoms. The number of amides is 3. The van der Waals surface area contributed by atoms with Gasteiger partial charge in [-0.25, -0.2) is 23.0 Å². The van der Waals surface area contributed by atoms with Crippen LogP contribution >= 0.6 is 0 Å². The van der Waals surface area contributed by atoms with Crippen LogP contribution in [0.1, 0.15) is 51.4 Å². The lowest BCUT2D eigenvalue weighted by atomic mass is 9.97. The molecule has 3 amide bonds. The summed E-state index contributed by atoms with van der Waals surface area (Å²) < 4.78 is 31.5. The van der Waals surface area contributed by atoms with Crippen LogP contribution in [-0.4, -0.2) is 63.2 Å². The van der Waals surface area contributed by atoms with Crippen molar-refractivity contribution in [3.8, 4) is 0 Å². The number of methoxy groups -OCH3 is 1. The third kappa shape index (κ3) is 6.67. The van der Waals surface area contributed by atoms with Gasteiger partial charge in [-0.1, -0.05) is 56.0 Å². The maximum Gasteiger partial charge on any atom is 0.409 e. The number of hydrogen-bond donors (Lipinski definition) is 2. The molecule has 1 heterocycles. The molecular weight excluding hydrogens is 480 g/mol. The molecular formula is C26H36N4O5S. The summed E-state index contributed by atoms with van der Waals surface area (Å²) in [5.41, 5.74) is 0. The second kappa shape index (κ2) is 11.9. The van der Waals surface area contributed by atoms with Crippen molar-refractivity contribution in [2.24, 2.45) is 5.92 Å². The summed E-state index contributed by atoms with van der Waals surface area (Å²) in [5.74, 6) is 0.0464. The van der Waals surface area contributed by atoms with Gasteiger partial charge in [-0.15, -0.1) is 4.83 Å². The lowest BCUT2D eigenvalue weighted by Gasteiger charge is -2.34. The first-order valence-electron chi connectivity index (χ1n) is 12.8. The normalized spacial score (nSPS) is 18.0. The summed E-state index contributed by atoms with van der Waals surface area (Å²) in [7, 11) is -2.64. The Labute approximate surface area is 213 Å². The van der Waals surface area contributed by atoms with E-state index in [2.05, 4.69) is 10.1 Å². The van der Waals surface area contributed by atoms with Crippen LogP contribution in [0.15, 0.2) is 47.4 Å². The summed E-state index contributed by atoms with van der Waals surface area (Å²) in [6.07, 6.45) is 7.16. The SMILES string of the molecule is COC(=O)N1CCC(CN(NS(=O)(=O)c2ccc3ccccc3c2)C(=O)NC2CCCCCC2)CC1. The van der Waals surface area contributed by atoms with Crippen LogP contribution < -0.4 is 10.1 Å². The first-order chi connectivity index (χ1) is 17.4. The van der Waals surface area contributed by atoms with Gasteiger partial charge in [-0.2, -0.15) is 0 Å². The molecule has 2 aromatic rings. The standard InChI is InChI=1S/C26H36N4O5S/c1-35-26(32)29-16-14-20(15-17-29)19-30(25(31)27-23-10-4-2-3-5-11-23)28-36(33,34)24-13-12-21-8-6-7-9-22(21)18-24/h6-9,12-13,18,20,23,28H,2-5,10-11,14-17,19H2,1H3,(H,27,31). The maximum absolute atomic E-state index is 13.4. The van der Waals surface area contributed by atoms with Crippen molar-refractivity contribution in [3.63, 3.8) is 0 Å². The van der Waals surface area contributed by atoms with Gasteiger partial charge in [0.2, 0.25) is 0 Å². The molecule has 1 saturated heterocycles. The lowest BCUT2D eigenvalue weighted by Crippen LogP contribution is -2.55. The van der Waals surface area contributed by atoms with Crippen molar-refractivity contribution < 1.29 is 22.7 Å². The number of benzene rings is 2. The van der Waals surface area contributed by atoms with Crippen molar-refractivity contribution in [1.82, 2.24) is 20.1 Å². The maximum atomic E-state index is 13.4. The number of urea groups is 1. The van der Waals surface area contributed by atoms with E-state index < -0.39 is 16.1 Å². The summed E-state index contributed by atoms with van der Waals surface area (Å²) >= 11 is 0. The number of fused-ring (bicyclic) bond motifs is 1. The highest BCUT2D eigenvalue weighted by Gasteiger charge is 2.30. The first-order valence-corrected chi connectivity index (χ1v) is 14.3. The van der Waals surface area contributed by atoms with Crippen LogP contribution in [-0.2, 0) is 14.8 Å². The minimum atomic E-state index is -3.99. The number of piperidine rings is 1. The number of hydrazine groups is 1. The van der Waals surface area contributed by atoms with E-state index in [0.29, 0.717) is 25.9 Å². The fourth-order valence-electron chi connectivity index (χ4n) is 5.06. The van der Waals surface area contributed by atoms with Gasteiger partial charge in [0.25, 0.3) is 10.0 Å². The number of sulfonamides is 1. The van der Waals surface area contributed by atoms with Crippen LogP contribution in [0.3, 0.4) is 0 Å². The second-order valence-electron chi connectivity index (χ2n) is 9.75. The Bertz CT molecular complexity index is 1160. The zero-order chi connectivity index (χ0) is 25.5. The molecule has 1 aliphatic carbocycles. The highest BCUT2D eigenvalue weighted by atomic mass is 32.2. The van der Waals surface area contributed by atoms with Gasteiger partial charge in [0.1, 0.15) is 0 Å². The number of carbonyl (C=O) groups is 2. The van der Waals surface area contributed by atoms with Crippen molar-refractivity contribution in [2.45, 2.75) is 62.3 Å². The smallest absolute Gasteiger partial charge is 0.409 e. The molecule has 10 heteroatoms. The molecule has 1 aliphatic heterocycles. The van der Waals surface area contributed by atoms with E-state index in [9.17, 15) is 18.0 Å².